The largest absolute Gasteiger partial charge is 0.416 e. The van der Waals surface area contributed by atoms with Crippen molar-refractivity contribution in [3.05, 3.63) is 69.5 Å². The standard InChI is InChI=1S/C17H13F3N2O2S2/c1-11-5-7-14(8-6-11)21-16-22-26(23,24)15(25-16)10-12-3-2-4-13(9-12)17(18,19)20/h2-10H,1H3,(H,21,22). The van der Waals surface area contributed by atoms with E-state index >= 15 is 0 Å². The van der Waals surface area contributed by atoms with Crippen LogP contribution < -0.4 is 5.32 Å². The van der Waals surface area contributed by atoms with Crippen LogP contribution in [-0.4, -0.2) is 13.6 Å². The van der Waals surface area contributed by atoms with Gasteiger partial charge in [0, 0.05) is 5.69 Å². The number of anilines is 1. The molecule has 0 aromatic heterocycles. The van der Waals surface area contributed by atoms with Crippen LogP contribution >= 0.6 is 11.8 Å². The van der Waals surface area contributed by atoms with Gasteiger partial charge in [0.2, 0.25) is 0 Å². The van der Waals surface area contributed by atoms with Gasteiger partial charge in [-0.2, -0.15) is 21.6 Å². The molecule has 0 amide bonds. The maximum absolute atomic E-state index is 12.8. The van der Waals surface area contributed by atoms with Crippen LogP contribution in [0.25, 0.3) is 6.08 Å². The molecular weight excluding hydrogens is 385 g/mol. The quantitative estimate of drug-likeness (QED) is 0.785. The van der Waals surface area contributed by atoms with Crippen molar-refractivity contribution in [2.24, 2.45) is 4.40 Å². The molecule has 3 rings (SSSR count). The highest BCUT2D eigenvalue weighted by Crippen LogP contribution is 2.36. The zero-order valence-electron chi connectivity index (χ0n) is 13.4. The Morgan fingerprint density at radius 2 is 1.81 bits per heavy atom. The first-order chi connectivity index (χ1) is 12.1. The van der Waals surface area contributed by atoms with Crippen LogP contribution in [0.1, 0.15) is 16.7 Å². The van der Waals surface area contributed by atoms with Crippen LogP contribution in [0, 0.1) is 6.92 Å². The molecule has 0 aliphatic carbocycles. The first kappa shape index (κ1) is 18.5. The van der Waals surface area contributed by atoms with Gasteiger partial charge in [0.25, 0.3) is 10.0 Å². The minimum atomic E-state index is -4.50. The Labute approximate surface area is 152 Å². The highest BCUT2D eigenvalue weighted by Gasteiger charge is 2.31. The summed E-state index contributed by atoms with van der Waals surface area (Å²) in [6, 6.07) is 11.7. The first-order valence-electron chi connectivity index (χ1n) is 7.39. The number of benzene rings is 2. The summed E-state index contributed by atoms with van der Waals surface area (Å²) in [5.74, 6) is 0. The Balaban J connectivity index is 1.84. The molecule has 1 aliphatic heterocycles. The molecule has 1 aliphatic rings. The minimum absolute atomic E-state index is 0.133. The van der Waals surface area contributed by atoms with E-state index in [1.165, 1.54) is 18.2 Å². The molecule has 0 unspecified atom stereocenters. The molecule has 136 valence electrons. The van der Waals surface area contributed by atoms with Crippen molar-refractivity contribution >= 4 is 38.7 Å². The molecule has 0 saturated heterocycles. The summed E-state index contributed by atoms with van der Waals surface area (Å²) < 4.78 is 66.2. The van der Waals surface area contributed by atoms with Gasteiger partial charge in [-0.1, -0.05) is 29.8 Å². The van der Waals surface area contributed by atoms with Crippen LogP contribution in [0.5, 0.6) is 0 Å². The maximum atomic E-state index is 12.8. The van der Waals surface area contributed by atoms with Crippen LogP contribution in [0.3, 0.4) is 0 Å². The molecule has 0 spiro atoms. The summed E-state index contributed by atoms with van der Waals surface area (Å²) in [5.41, 5.74) is 1.01. The van der Waals surface area contributed by atoms with Crippen molar-refractivity contribution in [2.75, 3.05) is 5.32 Å². The maximum Gasteiger partial charge on any atom is 0.416 e. The van der Waals surface area contributed by atoms with Gasteiger partial charge >= 0.3 is 6.18 Å². The highest BCUT2D eigenvalue weighted by atomic mass is 32.3. The van der Waals surface area contributed by atoms with Crippen molar-refractivity contribution in [3.63, 3.8) is 0 Å². The normalized spacial score (nSPS) is 18.0. The van der Waals surface area contributed by atoms with E-state index in [1.54, 1.807) is 12.1 Å². The summed E-state index contributed by atoms with van der Waals surface area (Å²) in [6.45, 7) is 1.92. The monoisotopic (exact) mass is 398 g/mol. The molecule has 2 aromatic carbocycles. The number of hydrogen-bond donors (Lipinski definition) is 1. The number of hydrogen-bond acceptors (Lipinski definition) is 4. The molecule has 2 aromatic rings. The van der Waals surface area contributed by atoms with Crippen molar-refractivity contribution in [1.82, 2.24) is 0 Å². The Morgan fingerprint density at radius 1 is 1.12 bits per heavy atom. The third-order valence-corrected chi connectivity index (χ3v) is 6.21. The van der Waals surface area contributed by atoms with Crippen molar-refractivity contribution in [2.45, 2.75) is 13.1 Å². The lowest BCUT2D eigenvalue weighted by Gasteiger charge is -2.07. The van der Waals surface area contributed by atoms with E-state index in [1.807, 2.05) is 19.1 Å². The molecule has 4 nitrogen and oxygen atoms in total. The predicted molar refractivity (Wildman–Crippen MR) is 98.2 cm³/mol. The topological polar surface area (TPSA) is 58.5 Å². The second-order valence-electron chi connectivity index (χ2n) is 5.55. The van der Waals surface area contributed by atoms with E-state index < -0.39 is 21.8 Å². The molecule has 1 N–H and O–H groups in total. The third kappa shape index (κ3) is 4.28. The molecular formula is C17H13F3N2O2S2. The summed E-state index contributed by atoms with van der Waals surface area (Å²) in [6.07, 6.45) is -3.31. The van der Waals surface area contributed by atoms with E-state index in [0.717, 1.165) is 29.5 Å². The fourth-order valence-corrected chi connectivity index (χ4v) is 4.58. The van der Waals surface area contributed by atoms with E-state index in [4.69, 9.17) is 0 Å². The Hall–Kier alpha value is -2.26. The molecule has 0 saturated carbocycles. The smallest absolute Gasteiger partial charge is 0.334 e. The van der Waals surface area contributed by atoms with Crippen molar-refractivity contribution in [1.29, 1.82) is 0 Å². The van der Waals surface area contributed by atoms with Crippen molar-refractivity contribution < 1.29 is 21.6 Å². The second-order valence-corrected chi connectivity index (χ2v) is 8.41. The lowest BCUT2D eigenvalue weighted by Crippen LogP contribution is -2.04. The first-order valence-corrected chi connectivity index (χ1v) is 9.65. The van der Waals surface area contributed by atoms with Crippen LogP contribution in [0.4, 0.5) is 18.9 Å². The lowest BCUT2D eigenvalue weighted by atomic mass is 10.1. The van der Waals surface area contributed by atoms with Gasteiger partial charge in [-0.15, -0.1) is 4.40 Å². The number of halogens is 3. The number of nitrogens with one attached hydrogen (secondary N) is 1. The van der Waals surface area contributed by atoms with E-state index in [-0.39, 0.29) is 15.0 Å². The SMILES string of the molecule is Cc1ccc(NC2=NS(=O)(=O)C(=Cc3cccc(C(F)(F)F)c3)S2)cc1. The van der Waals surface area contributed by atoms with E-state index in [0.29, 0.717) is 5.69 Å². The average molecular weight is 398 g/mol. The molecule has 0 bridgehead atoms. The molecule has 1 heterocycles. The van der Waals surface area contributed by atoms with Gasteiger partial charge in [0.05, 0.1) is 5.56 Å². The number of alkyl halides is 3. The zero-order chi connectivity index (χ0) is 18.9. The van der Waals surface area contributed by atoms with Gasteiger partial charge in [0.15, 0.2) is 5.17 Å². The molecule has 26 heavy (non-hydrogen) atoms. The zero-order valence-corrected chi connectivity index (χ0v) is 15.0. The number of sulfonamides is 1. The van der Waals surface area contributed by atoms with Crippen LogP contribution in [0.15, 0.2) is 57.2 Å². The van der Waals surface area contributed by atoms with Gasteiger partial charge in [0.1, 0.15) is 4.24 Å². The van der Waals surface area contributed by atoms with Crippen LogP contribution in [-0.2, 0) is 16.2 Å². The number of rotatable bonds is 2. The Morgan fingerprint density at radius 3 is 2.46 bits per heavy atom. The second kappa shape index (κ2) is 6.81. The molecule has 0 fully saturated rings. The van der Waals surface area contributed by atoms with E-state index in [2.05, 4.69) is 9.71 Å². The average Bonchev–Trinajstić information content (AvgIpc) is 2.83. The fourth-order valence-electron chi connectivity index (χ4n) is 2.17. The lowest BCUT2D eigenvalue weighted by molar-refractivity contribution is -0.137. The molecule has 0 radical (unpaired) electrons. The number of thioether (sulfide) groups is 1. The minimum Gasteiger partial charge on any atom is -0.334 e. The van der Waals surface area contributed by atoms with Gasteiger partial charge in [-0.25, -0.2) is 0 Å². The van der Waals surface area contributed by atoms with Gasteiger partial charge < -0.3 is 5.32 Å². The summed E-state index contributed by atoms with van der Waals surface area (Å²) in [7, 11) is -3.94. The van der Waals surface area contributed by atoms with E-state index in [9.17, 15) is 21.6 Å². The van der Waals surface area contributed by atoms with Gasteiger partial charge in [-0.3, -0.25) is 0 Å². The highest BCUT2D eigenvalue weighted by molar-refractivity contribution is 8.30. The molecule has 9 heteroatoms. The fraction of sp³-hybridized carbons (Fsp3) is 0.118. The number of aryl methyl sites for hydroxylation is 1. The third-order valence-electron chi connectivity index (χ3n) is 3.46. The van der Waals surface area contributed by atoms with Crippen LogP contribution in [0.2, 0.25) is 0 Å². The van der Waals surface area contributed by atoms with Gasteiger partial charge in [-0.05, 0) is 54.6 Å². The molecule has 0 atom stereocenters. The summed E-state index contributed by atoms with van der Waals surface area (Å²) in [4.78, 5) is 0. The Kier molecular flexibility index (Phi) is 4.85. The Bertz CT molecular complexity index is 995. The number of amidine groups is 1. The summed E-state index contributed by atoms with van der Waals surface area (Å²) >= 11 is 0.856. The predicted octanol–water partition coefficient (Wildman–Crippen LogP) is 4.86. The van der Waals surface area contributed by atoms with Crippen molar-refractivity contribution in [3.8, 4) is 0 Å². The number of nitrogens with zero attached hydrogens (tertiary/aromatic N) is 1. The summed E-state index contributed by atoms with van der Waals surface area (Å²) in [5, 5.41) is 3.03.